The van der Waals surface area contributed by atoms with Crippen LogP contribution >= 0.6 is 11.6 Å². The molecule has 20 heavy (non-hydrogen) atoms. The molecule has 0 bridgehead atoms. The minimum atomic E-state index is 0.459. The predicted octanol–water partition coefficient (Wildman–Crippen LogP) is 3.39. The molecule has 4 nitrogen and oxygen atoms in total. The number of nitrogens with zero attached hydrogens (tertiary/aromatic N) is 2. The van der Waals surface area contributed by atoms with Crippen molar-refractivity contribution in [2.24, 2.45) is 0 Å². The van der Waals surface area contributed by atoms with E-state index in [9.17, 15) is 0 Å². The van der Waals surface area contributed by atoms with Gasteiger partial charge in [-0.25, -0.2) is 9.97 Å². The lowest BCUT2D eigenvalue weighted by Crippen LogP contribution is -2.27. The van der Waals surface area contributed by atoms with Crippen LogP contribution in [-0.2, 0) is 0 Å². The molecule has 1 N–H and O–H groups in total. The standard InChI is InChI=1S/C15H16ClN3O/c16-12-1-3-13(4-2-12)20-14-9-18-15(19-10-14)11-5-7-17-8-6-11/h1-4,9-11,17H,5-8H2. The van der Waals surface area contributed by atoms with Crippen LogP contribution in [0, 0.1) is 0 Å². The molecular weight excluding hydrogens is 274 g/mol. The highest BCUT2D eigenvalue weighted by Crippen LogP contribution is 2.25. The summed E-state index contributed by atoms with van der Waals surface area (Å²) in [5, 5.41) is 4.03. The third kappa shape index (κ3) is 3.26. The largest absolute Gasteiger partial charge is 0.454 e. The summed E-state index contributed by atoms with van der Waals surface area (Å²) in [6.45, 7) is 2.08. The Morgan fingerprint density at radius 3 is 2.30 bits per heavy atom. The second-order valence-electron chi connectivity index (χ2n) is 4.86. The minimum Gasteiger partial charge on any atom is -0.454 e. The number of piperidine rings is 1. The van der Waals surface area contributed by atoms with Gasteiger partial charge in [0.2, 0.25) is 0 Å². The predicted molar refractivity (Wildman–Crippen MR) is 78.4 cm³/mol. The Morgan fingerprint density at radius 1 is 1.00 bits per heavy atom. The van der Waals surface area contributed by atoms with Crippen LogP contribution in [-0.4, -0.2) is 23.1 Å². The average molecular weight is 290 g/mol. The van der Waals surface area contributed by atoms with E-state index < -0.39 is 0 Å². The molecule has 3 rings (SSSR count). The monoisotopic (exact) mass is 289 g/mol. The Bertz CT molecular complexity index is 550. The van der Waals surface area contributed by atoms with Gasteiger partial charge in [-0.15, -0.1) is 0 Å². The van der Waals surface area contributed by atoms with Gasteiger partial charge in [0.05, 0.1) is 12.4 Å². The number of nitrogens with one attached hydrogen (secondary N) is 1. The number of hydrogen-bond donors (Lipinski definition) is 1. The van der Waals surface area contributed by atoms with Crippen molar-refractivity contribution in [3.63, 3.8) is 0 Å². The summed E-state index contributed by atoms with van der Waals surface area (Å²) in [7, 11) is 0. The van der Waals surface area contributed by atoms with Crippen LogP contribution in [0.1, 0.15) is 24.6 Å². The molecule has 0 spiro atoms. The molecule has 0 atom stereocenters. The summed E-state index contributed by atoms with van der Waals surface area (Å²) in [4.78, 5) is 8.85. The van der Waals surface area contributed by atoms with Crippen molar-refractivity contribution in [3.05, 3.63) is 47.5 Å². The van der Waals surface area contributed by atoms with Crippen LogP contribution in [0.25, 0.3) is 0 Å². The van der Waals surface area contributed by atoms with Crippen LogP contribution in [0.15, 0.2) is 36.7 Å². The van der Waals surface area contributed by atoms with Crippen molar-refractivity contribution in [1.29, 1.82) is 0 Å². The van der Waals surface area contributed by atoms with Crippen LogP contribution in [0.4, 0.5) is 0 Å². The van der Waals surface area contributed by atoms with Crippen molar-refractivity contribution in [3.8, 4) is 11.5 Å². The first-order valence-electron chi connectivity index (χ1n) is 6.77. The van der Waals surface area contributed by atoms with E-state index in [-0.39, 0.29) is 0 Å². The summed E-state index contributed by atoms with van der Waals surface area (Å²) in [5.74, 6) is 2.74. The second-order valence-corrected chi connectivity index (χ2v) is 5.29. The van der Waals surface area contributed by atoms with Gasteiger partial charge >= 0.3 is 0 Å². The molecule has 1 aliphatic heterocycles. The molecule has 1 fully saturated rings. The van der Waals surface area contributed by atoms with Crippen molar-refractivity contribution in [2.45, 2.75) is 18.8 Å². The molecule has 104 valence electrons. The molecule has 1 aliphatic rings. The first-order chi connectivity index (χ1) is 9.81. The molecule has 1 aromatic carbocycles. The number of benzene rings is 1. The first kappa shape index (κ1) is 13.3. The maximum atomic E-state index is 5.84. The van der Waals surface area contributed by atoms with Crippen LogP contribution < -0.4 is 10.1 Å². The molecule has 0 radical (unpaired) electrons. The zero-order chi connectivity index (χ0) is 13.8. The minimum absolute atomic E-state index is 0.459. The number of ether oxygens (including phenoxy) is 1. The summed E-state index contributed by atoms with van der Waals surface area (Å²) < 4.78 is 5.68. The van der Waals surface area contributed by atoms with E-state index in [4.69, 9.17) is 16.3 Å². The summed E-state index contributed by atoms with van der Waals surface area (Å²) >= 11 is 5.84. The van der Waals surface area contributed by atoms with Crippen molar-refractivity contribution in [2.75, 3.05) is 13.1 Å². The van der Waals surface area contributed by atoms with Crippen LogP contribution in [0.3, 0.4) is 0 Å². The molecule has 0 aliphatic carbocycles. The molecule has 0 unspecified atom stereocenters. The van der Waals surface area contributed by atoms with E-state index >= 15 is 0 Å². The quantitative estimate of drug-likeness (QED) is 0.941. The fraction of sp³-hybridized carbons (Fsp3) is 0.333. The Labute approximate surface area is 123 Å². The molecule has 1 saturated heterocycles. The summed E-state index contributed by atoms with van der Waals surface area (Å²) in [6.07, 6.45) is 5.66. The molecule has 0 amide bonds. The number of halogens is 1. The lowest BCUT2D eigenvalue weighted by molar-refractivity contribution is 0.438. The fourth-order valence-corrected chi connectivity index (χ4v) is 2.43. The maximum Gasteiger partial charge on any atom is 0.164 e. The Kier molecular flexibility index (Phi) is 4.14. The maximum absolute atomic E-state index is 5.84. The van der Waals surface area contributed by atoms with E-state index in [1.54, 1.807) is 24.5 Å². The van der Waals surface area contributed by atoms with Gasteiger partial charge in [-0.3, -0.25) is 0 Å². The Balaban J connectivity index is 1.67. The number of rotatable bonds is 3. The van der Waals surface area contributed by atoms with Crippen LogP contribution in [0.5, 0.6) is 11.5 Å². The summed E-state index contributed by atoms with van der Waals surface area (Å²) in [5.41, 5.74) is 0. The van der Waals surface area contributed by atoms with Crippen molar-refractivity contribution in [1.82, 2.24) is 15.3 Å². The van der Waals surface area contributed by atoms with Gasteiger partial charge in [-0.05, 0) is 50.2 Å². The van der Waals surface area contributed by atoms with Crippen molar-refractivity contribution >= 4 is 11.6 Å². The lowest BCUT2D eigenvalue weighted by Gasteiger charge is -2.21. The molecule has 2 aromatic rings. The zero-order valence-electron chi connectivity index (χ0n) is 11.1. The van der Waals surface area contributed by atoms with Gasteiger partial charge in [0.25, 0.3) is 0 Å². The molecule has 5 heteroatoms. The smallest absolute Gasteiger partial charge is 0.164 e. The number of hydrogen-bond acceptors (Lipinski definition) is 4. The summed E-state index contributed by atoms with van der Waals surface area (Å²) in [6, 6.07) is 7.23. The van der Waals surface area contributed by atoms with Gasteiger partial charge < -0.3 is 10.1 Å². The molecule has 1 aromatic heterocycles. The molecule has 0 saturated carbocycles. The SMILES string of the molecule is Clc1ccc(Oc2cnc(C3CCNCC3)nc2)cc1. The van der Waals surface area contributed by atoms with Gasteiger partial charge in [0, 0.05) is 10.9 Å². The average Bonchev–Trinajstić information content (AvgIpc) is 2.51. The Morgan fingerprint density at radius 2 is 1.65 bits per heavy atom. The highest BCUT2D eigenvalue weighted by Gasteiger charge is 2.17. The van der Waals surface area contributed by atoms with Gasteiger partial charge in [-0.1, -0.05) is 11.6 Å². The van der Waals surface area contributed by atoms with E-state index in [1.165, 1.54) is 0 Å². The first-order valence-corrected chi connectivity index (χ1v) is 7.15. The van der Waals surface area contributed by atoms with Gasteiger partial charge in [0.15, 0.2) is 5.75 Å². The van der Waals surface area contributed by atoms with Gasteiger partial charge in [0.1, 0.15) is 11.6 Å². The van der Waals surface area contributed by atoms with Crippen molar-refractivity contribution < 1.29 is 4.74 Å². The highest BCUT2D eigenvalue weighted by atomic mass is 35.5. The topological polar surface area (TPSA) is 47.0 Å². The van der Waals surface area contributed by atoms with E-state index in [1.807, 2.05) is 12.1 Å². The molecule has 2 heterocycles. The second kappa shape index (κ2) is 6.20. The fourth-order valence-electron chi connectivity index (χ4n) is 2.31. The third-order valence-corrected chi connectivity index (χ3v) is 3.65. The van der Waals surface area contributed by atoms with E-state index in [2.05, 4.69) is 15.3 Å². The van der Waals surface area contributed by atoms with E-state index in [0.29, 0.717) is 16.7 Å². The zero-order valence-corrected chi connectivity index (χ0v) is 11.8. The molecular formula is C15H16ClN3O. The normalized spacial score (nSPS) is 16.1. The van der Waals surface area contributed by atoms with Gasteiger partial charge in [-0.2, -0.15) is 0 Å². The highest BCUT2D eigenvalue weighted by molar-refractivity contribution is 6.30. The Hall–Kier alpha value is -1.65. The lowest BCUT2D eigenvalue weighted by atomic mass is 9.97. The van der Waals surface area contributed by atoms with E-state index in [0.717, 1.165) is 37.5 Å². The van der Waals surface area contributed by atoms with Crippen LogP contribution in [0.2, 0.25) is 5.02 Å². The third-order valence-electron chi connectivity index (χ3n) is 3.40. The number of aromatic nitrogens is 2.